The first kappa shape index (κ1) is 19.9. The van der Waals surface area contributed by atoms with Gasteiger partial charge in [0.25, 0.3) is 0 Å². The minimum absolute atomic E-state index is 0.0617. The number of fused-ring (bicyclic) bond motifs is 2. The number of carbonyl (C=O) groups is 1. The van der Waals surface area contributed by atoms with Crippen LogP contribution in [-0.2, 0) is 21.7 Å². The summed E-state index contributed by atoms with van der Waals surface area (Å²) in [6.45, 7) is 5.85. The predicted octanol–water partition coefficient (Wildman–Crippen LogP) is 4.30. The van der Waals surface area contributed by atoms with E-state index in [2.05, 4.69) is 29.3 Å². The smallest absolute Gasteiger partial charge is 0.221 e. The van der Waals surface area contributed by atoms with Crippen molar-refractivity contribution in [2.24, 2.45) is 0 Å². The summed E-state index contributed by atoms with van der Waals surface area (Å²) in [7, 11) is 0. The van der Waals surface area contributed by atoms with Gasteiger partial charge in [-0.3, -0.25) is 9.69 Å². The standard InChI is InChI=1S/C21H25ClN2O3S/c1-13-10-21(20-17(9-19(22)28-20)18(26)12-27-21)7-8-24(13)11-15-3-5-16(6-4-15)23-14(2)25/h3-6,9,13,18,26H,7-8,10-12H2,1-2H3,(H,23,25)/t13-,18-,21?/m0/s1. The Labute approximate surface area is 174 Å². The summed E-state index contributed by atoms with van der Waals surface area (Å²) in [6, 6.07) is 10.2. The highest BCUT2D eigenvalue weighted by Crippen LogP contribution is 2.50. The van der Waals surface area contributed by atoms with Gasteiger partial charge in [-0.15, -0.1) is 11.3 Å². The summed E-state index contributed by atoms with van der Waals surface area (Å²) in [5.41, 5.74) is 2.64. The third kappa shape index (κ3) is 3.84. The van der Waals surface area contributed by atoms with Gasteiger partial charge in [-0.05, 0) is 43.5 Å². The van der Waals surface area contributed by atoms with Crippen LogP contribution in [-0.4, -0.2) is 35.1 Å². The summed E-state index contributed by atoms with van der Waals surface area (Å²) in [5.74, 6) is -0.0617. The van der Waals surface area contributed by atoms with Gasteiger partial charge in [-0.1, -0.05) is 23.7 Å². The Bertz CT molecular complexity index is 869. The van der Waals surface area contributed by atoms with Crippen molar-refractivity contribution in [3.63, 3.8) is 0 Å². The van der Waals surface area contributed by atoms with Crippen LogP contribution in [0.25, 0.3) is 0 Å². The van der Waals surface area contributed by atoms with E-state index in [-0.39, 0.29) is 11.5 Å². The quantitative estimate of drug-likeness (QED) is 0.776. The Morgan fingerprint density at radius 2 is 2.18 bits per heavy atom. The van der Waals surface area contributed by atoms with Crippen molar-refractivity contribution in [2.45, 2.75) is 51.0 Å². The Morgan fingerprint density at radius 1 is 1.43 bits per heavy atom. The number of hydrogen-bond acceptors (Lipinski definition) is 5. The molecule has 150 valence electrons. The zero-order chi connectivity index (χ0) is 19.9. The van der Waals surface area contributed by atoms with Crippen LogP contribution in [0, 0.1) is 0 Å². The number of nitrogens with one attached hydrogen (secondary N) is 1. The molecule has 2 aromatic rings. The van der Waals surface area contributed by atoms with Gasteiger partial charge < -0.3 is 15.2 Å². The fourth-order valence-electron chi connectivity index (χ4n) is 4.33. The molecule has 5 nitrogen and oxygen atoms in total. The third-order valence-corrected chi connectivity index (χ3v) is 7.20. The second-order valence-corrected chi connectivity index (χ2v) is 9.49. The van der Waals surface area contributed by atoms with Gasteiger partial charge in [-0.25, -0.2) is 0 Å². The van der Waals surface area contributed by atoms with Crippen LogP contribution in [0.3, 0.4) is 0 Å². The number of anilines is 1. The van der Waals surface area contributed by atoms with Crippen LogP contribution < -0.4 is 5.32 Å². The number of halogens is 1. The predicted molar refractivity (Wildman–Crippen MR) is 112 cm³/mol. The van der Waals surface area contributed by atoms with Gasteiger partial charge in [0.05, 0.1) is 10.9 Å². The van der Waals surface area contributed by atoms with Gasteiger partial charge in [0.1, 0.15) is 11.7 Å². The van der Waals surface area contributed by atoms with E-state index in [0.29, 0.717) is 17.0 Å². The first-order valence-electron chi connectivity index (χ1n) is 9.58. The lowest BCUT2D eigenvalue weighted by atomic mass is 9.81. The highest BCUT2D eigenvalue weighted by Gasteiger charge is 2.46. The van der Waals surface area contributed by atoms with E-state index in [1.54, 1.807) is 11.3 Å². The molecule has 1 aromatic carbocycles. The number of piperidine rings is 1. The molecule has 1 aromatic heterocycles. The molecule has 2 aliphatic rings. The maximum Gasteiger partial charge on any atom is 0.221 e. The van der Waals surface area contributed by atoms with Crippen LogP contribution in [0.5, 0.6) is 0 Å². The lowest BCUT2D eigenvalue weighted by Gasteiger charge is -2.47. The second-order valence-electron chi connectivity index (χ2n) is 7.81. The molecule has 2 aliphatic heterocycles. The fourth-order valence-corrected chi connectivity index (χ4v) is 5.80. The average molecular weight is 421 g/mol. The van der Waals surface area contributed by atoms with Crippen LogP contribution in [0.2, 0.25) is 4.34 Å². The highest BCUT2D eigenvalue weighted by atomic mass is 35.5. The van der Waals surface area contributed by atoms with Crippen molar-refractivity contribution in [1.82, 2.24) is 4.90 Å². The Morgan fingerprint density at radius 3 is 2.86 bits per heavy atom. The molecule has 1 spiro atoms. The monoisotopic (exact) mass is 420 g/mol. The van der Waals surface area contributed by atoms with E-state index < -0.39 is 6.10 Å². The summed E-state index contributed by atoms with van der Waals surface area (Å²) in [5, 5.41) is 13.1. The maximum absolute atomic E-state index is 11.2. The first-order valence-corrected chi connectivity index (χ1v) is 10.8. The van der Waals surface area contributed by atoms with E-state index in [1.165, 1.54) is 12.5 Å². The van der Waals surface area contributed by atoms with Gasteiger partial charge in [-0.2, -0.15) is 0 Å². The molecule has 1 saturated heterocycles. The summed E-state index contributed by atoms with van der Waals surface area (Å²) >= 11 is 7.79. The van der Waals surface area contributed by atoms with Crippen molar-refractivity contribution in [2.75, 3.05) is 18.5 Å². The molecule has 1 fully saturated rings. The van der Waals surface area contributed by atoms with Gasteiger partial charge in [0, 0.05) is 42.2 Å². The van der Waals surface area contributed by atoms with E-state index in [9.17, 15) is 9.90 Å². The molecule has 0 aliphatic carbocycles. The lowest BCUT2D eigenvalue weighted by molar-refractivity contribution is -0.139. The molecule has 0 bridgehead atoms. The van der Waals surface area contributed by atoms with Gasteiger partial charge in [0.15, 0.2) is 0 Å². The topological polar surface area (TPSA) is 61.8 Å². The first-order chi connectivity index (χ1) is 13.4. The molecule has 3 atom stereocenters. The zero-order valence-electron chi connectivity index (χ0n) is 16.1. The van der Waals surface area contributed by atoms with E-state index in [4.69, 9.17) is 16.3 Å². The lowest BCUT2D eigenvalue weighted by Crippen LogP contribution is -2.50. The second kappa shape index (κ2) is 7.76. The summed E-state index contributed by atoms with van der Waals surface area (Å²) < 4.78 is 6.93. The fraction of sp³-hybridized carbons (Fsp3) is 0.476. The van der Waals surface area contributed by atoms with Crippen LogP contribution in [0.1, 0.15) is 48.8 Å². The number of thiophene rings is 1. The molecule has 1 unspecified atom stereocenters. The SMILES string of the molecule is CC(=O)Nc1ccc(CN2CCC3(C[C@@H]2C)OC[C@H](O)c2cc(Cl)sc23)cc1. The summed E-state index contributed by atoms with van der Waals surface area (Å²) in [4.78, 5) is 14.7. The molecule has 2 N–H and O–H groups in total. The van der Waals surface area contributed by atoms with Crippen molar-refractivity contribution in [3.8, 4) is 0 Å². The molecule has 3 heterocycles. The highest BCUT2D eigenvalue weighted by molar-refractivity contribution is 7.16. The van der Waals surface area contributed by atoms with E-state index in [0.717, 1.165) is 42.1 Å². The van der Waals surface area contributed by atoms with Crippen molar-refractivity contribution < 1.29 is 14.6 Å². The van der Waals surface area contributed by atoms with Gasteiger partial charge in [0.2, 0.25) is 5.91 Å². The van der Waals surface area contributed by atoms with Crippen LogP contribution >= 0.6 is 22.9 Å². The number of hydrogen-bond donors (Lipinski definition) is 2. The maximum atomic E-state index is 11.2. The van der Waals surface area contributed by atoms with Crippen molar-refractivity contribution >= 4 is 34.5 Å². The van der Waals surface area contributed by atoms with Crippen molar-refractivity contribution in [1.29, 1.82) is 0 Å². The minimum Gasteiger partial charge on any atom is -0.386 e. The molecule has 7 heteroatoms. The number of amides is 1. The number of likely N-dealkylation sites (tertiary alicyclic amines) is 1. The van der Waals surface area contributed by atoms with E-state index >= 15 is 0 Å². The zero-order valence-corrected chi connectivity index (χ0v) is 17.6. The van der Waals surface area contributed by atoms with Crippen LogP contribution in [0.15, 0.2) is 30.3 Å². The normalized spacial score (nSPS) is 27.6. The largest absolute Gasteiger partial charge is 0.386 e. The number of aliphatic hydroxyl groups is 1. The molecule has 0 saturated carbocycles. The molecular weight excluding hydrogens is 396 g/mol. The van der Waals surface area contributed by atoms with Crippen molar-refractivity contribution in [3.05, 3.63) is 50.7 Å². The Hall–Kier alpha value is -1.44. The number of rotatable bonds is 3. The number of benzene rings is 1. The Kier molecular flexibility index (Phi) is 5.51. The van der Waals surface area contributed by atoms with E-state index in [1.807, 2.05) is 18.2 Å². The molecule has 28 heavy (non-hydrogen) atoms. The average Bonchev–Trinajstić information content (AvgIpc) is 3.05. The number of nitrogens with zero attached hydrogens (tertiary/aromatic N) is 1. The third-order valence-electron chi connectivity index (χ3n) is 5.73. The molecule has 0 radical (unpaired) electrons. The Balaban J connectivity index is 1.46. The summed E-state index contributed by atoms with van der Waals surface area (Å²) in [6.07, 6.45) is 1.19. The number of carbonyl (C=O) groups excluding carboxylic acids is 1. The molecule has 1 amide bonds. The van der Waals surface area contributed by atoms with Gasteiger partial charge >= 0.3 is 0 Å². The molecule has 4 rings (SSSR count). The number of aliphatic hydroxyl groups excluding tert-OH is 1. The minimum atomic E-state index is -0.583. The van der Waals surface area contributed by atoms with Crippen LogP contribution in [0.4, 0.5) is 5.69 Å². The molecular formula is C21H25ClN2O3S. The number of ether oxygens (including phenoxy) is 1.